The second kappa shape index (κ2) is 41.0. The van der Waals surface area contributed by atoms with Gasteiger partial charge in [0.05, 0.1) is 45.6 Å². The van der Waals surface area contributed by atoms with Crippen LogP contribution in [0.15, 0.2) is 336 Å². The Morgan fingerprint density at radius 2 is 0.558 bits per heavy atom. The van der Waals surface area contributed by atoms with Gasteiger partial charge in [0, 0.05) is 165 Å². The zero-order chi connectivity index (χ0) is 72.8. The summed E-state index contributed by atoms with van der Waals surface area (Å²) in [6.45, 7) is 15.9. The van der Waals surface area contributed by atoms with Gasteiger partial charge in [-0.2, -0.15) is 0 Å². The van der Waals surface area contributed by atoms with Crippen LogP contribution in [0.4, 0.5) is 0 Å². The maximum Gasteiger partial charge on any atom is 0.115 e. The Hall–Kier alpha value is -13.7. The van der Waals surface area contributed by atoms with Crippen molar-refractivity contribution in [2.24, 2.45) is 0 Å². The van der Waals surface area contributed by atoms with E-state index in [-0.39, 0.29) is 0 Å². The summed E-state index contributed by atoms with van der Waals surface area (Å²) in [6, 6.07) is 75.8. The SMILES string of the molecule is Cc1cccc(-c2ccccc2)n1.Cc1cccc(-c2ccccn2)n1.Cc1cccc(-c2cccnc2)n1.Cc1cccc(-c2ccncc2)n1.Cc1ccnc(-c2ccccc2)c1.Cc1ncncc1-c1ccccn1.Cc1ncncc1-c1cccnc1.Cc1ncncc1-c1ccncc1. The third-order valence-corrected chi connectivity index (χ3v) is 15.1. The molecule has 16 aromatic rings. The average Bonchev–Trinajstić information content (AvgIpc) is 0.874. The fraction of sp³-hybridized carbons (Fsp3) is 0.0920. The molecule has 0 saturated heterocycles. The van der Waals surface area contributed by atoms with Gasteiger partial charge in [-0.3, -0.25) is 54.8 Å². The third-order valence-electron chi connectivity index (χ3n) is 15.1. The van der Waals surface area contributed by atoms with Crippen molar-refractivity contribution in [1.82, 2.24) is 84.7 Å². The molecule has 0 fully saturated rings. The predicted octanol–water partition coefficient (Wildman–Crippen LogP) is 19.0. The molecule has 512 valence electrons. The van der Waals surface area contributed by atoms with Crippen LogP contribution in [0.2, 0.25) is 0 Å². The number of pyridine rings is 11. The number of hydrogen-bond donors (Lipinski definition) is 0. The van der Waals surface area contributed by atoms with E-state index < -0.39 is 0 Å². The molecule has 16 rings (SSSR count). The number of hydrogen-bond acceptors (Lipinski definition) is 17. The van der Waals surface area contributed by atoms with E-state index in [2.05, 4.69) is 122 Å². The van der Waals surface area contributed by atoms with Crippen LogP contribution >= 0.6 is 0 Å². The fourth-order valence-electron chi connectivity index (χ4n) is 9.83. The summed E-state index contributed by atoms with van der Waals surface area (Å²) in [6.07, 6.45) is 29.7. The first-order valence-corrected chi connectivity index (χ1v) is 33.5. The molecule has 104 heavy (non-hydrogen) atoms. The Labute approximate surface area is 608 Å². The second-order valence-electron chi connectivity index (χ2n) is 23.1. The monoisotopic (exact) mass is 1360 g/mol. The molecule has 0 radical (unpaired) electrons. The van der Waals surface area contributed by atoms with Crippen LogP contribution in [-0.4, -0.2) is 84.7 Å². The van der Waals surface area contributed by atoms with Gasteiger partial charge in [0.15, 0.2) is 0 Å². The highest BCUT2D eigenvalue weighted by Gasteiger charge is 2.06. The molecule has 17 heteroatoms. The van der Waals surface area contributed by atoms with Crippen molar-refractivity contribution in [3.63, 3.8) is 0 Å². The van der Waals surface area contributed by atoms with Crippen molar-refractivity contribution in [3.8, 4) is 89.9 Å². The van der Waals surface area contributed by atoms with Gasteiger partial charge in [-0.05, 0) is 194 Å². The van der Waals surface area contributed by atoms with E-state index in [9.17, 15) is 0 Å². The first kappa shape index (κ1) is 74.6. The lowest BCUT2D eigenvalue weighted by atomic mass is 10.1. The number of rotatable bonds is 8. The Morgan fingerprint density at radius 3 is 0.990 bits per heavy atom. The molecule has 14 aromatic heterocycles. The second-order valence-corrected chi connectivity index (χ2v) is 23.1. The summed E-state index contributed by atoms with van der Waals surface area (Å²) in [5.74, 6) is 0. The number of nitrogens with zero attached hydrogens (tertiary/aromatic N) is 17. The maximum absolute atomic E-state index is 4.44. The minimum Gasteiger partial charge on any atom is -0.265 e. The highest BCUT2D eigenvalue weighted by Crippen LogP contribution is 2.23. The summed E-state index contributed by atoms with van der Waals surface area (Å²) < 4.78 is 0. The standard InChI is InChI=1S/2C12H11N.3C11H10N2.3C10H9N3/c1-10-6-5-9-12(13-10)11-7-3-2-4-8-11;1-10-7-8-13-12(9-10)11-5-3-2-4-6-11;1-9-4-2-6-11(13-9)10-5-3-7-12-8-10;1-9-5-4-7-11(13-9)10-6-2-3-8-12-10;1-9-3-2-4-11(13-9)10-5-7-12-8-6-10;1-8-10(6-12-7-13-8)9-2-4-11-5-3-9;1-8-10(6-12-7-13-8)9-3-2-4-11-5-9;1-8-9(6-11-7-13-8)10-4-2-3-5-12-10/h2*2-9H,1H3;3*2-8H,1H3;3*2-7H,1H3. The smallest absolute Gasteiger partial charge is 0.115 e. The Bertz CT molecular complexity index is 4450. The summed E-state index contributed by atoms with van der Waals surface area (Å²) >= 11 is 0. The highest BCUT2D eigenvalue weighted by molar-refractivity contribution is 5.66. The molecular formula is C87H79N17. The number of benzene rings is 2. The van der Waals surface area contributed by atoms with E-state index in [1.807, 2.05) is 273 Å². The predicted molar refractivity (Wildman–Crippen MR) is 415 cm³/mol. The lowest BCUT2D eigenvalue weighted by Gasteiger charge is -2.02. The summed E-state index contributed by atoms with van der Waals surface area (Å²) in [4.78, 5) is 70.7. The van der Waals surface area contributed by atoms with E-state index in [4.69, 9.17) is 0 Å². The van der Waals surface area contributed by atoms with Crippen LogP contribution in [0.5, 0.6) is 0 Å². The maximum atomic E-state index is 4.44. The normalized spacial score (nSPS) is 9.92. The lowest BCUT2D eigenvalue weighted by molar-refractivity contribution is 1.10. The van der Waals surface area contributed by atoms with Gasteiger partial charge in [-0.25, -0.2) is 29.9 Å². The lowest BCUT2D eigenvalue weighted by Crippen LogP contribution is -1.90. The van der Waals surface area contributed by atoms with Crippen LogP contribution in [-0.2, 0) is 0 Å². The van der Waals surface area contributed by atoms with E-state index in [0.29, 0.717) is 0 Å². The Morgan fingerprint density at radius 1 is 0.192 bits per heavy atom. The van der Waals surface area contributed by atoms with Crippen LogP contribution in [0.1, 0.15) is 45.4 Å². The minimum atomic E-state index is 0.917. The molecule has 0 aliphatic rings. The quantitative estimate of drug-likeness (QED) is 0.138. The van der Waals surface area contributed by atoms with Crippen LogP contribution in [0, 0.1) is 55.4 Å². The summed E-state index contributed by atoms with van der Waals surface area (Å²) in [5.41, 5.74) is 24.9. The van der Waals surface area contributed by atoms with Gasteiger partial charge in [-0.1, -0.05) is 103 Å². The number of aryl methyl sites for hydroxylation is 8. The van der Waals surface area contributed by atoms with Crippen LogP contribution in [0.25, 0.3) is 89.9 Å². The van der Waals surface area contributed by atoms with Crippen molar-refractivity contribution in [3.05, 3.63) is 382 Å². The molecule has 14 heterocycles. The molecule has 0 aliphatic heterocycles. The topological polar surface area (TPSA) is 219 Å². The molecule has 0 spiro atoms. The zero-order valence-electron chi connectivity index (χ0n) is 59.4. The minimum absolute atomic E-state index is 0.917. The highest BCUT2D eigenvalue weighted by atomic mass is 14.8. The first-order valence-electron chi connectivity index (χ1n) is 33.5. The number of aromatic nitrogens is 17. The van der Waals surface area contributed by atoms with E-state index in [0.717, 1.165) is 119 Å². The Balaban J connectivity index is 0.000000138. The first-order chi connectivity index (χ1) is 50.9. The van der Waals surface area contributed by atoms with Gasteiger partial charge in [0.1, 0.15) is 19.0 Å². The van der Waals surface area contributed by atoms with Crippen molar-refractivity contribution >= 4 is 0 Å². The largest absolute Gasteiger partial charge is 0.265 e. The fourth-order valence-corrected chi connectivity index (χ4v) is 9.83. The van der Waals surface area contributed by atoms with E-state index in [1.165, 1.54) is 16.7 Å². The average molecular weight is 1360 g/mol. The van der Waals surface area contributed by atoms with Gasteiger partial charge in [0.25, 0.3) is 0 Å². The van der Waals surface area contributed by atoms with Gasteiger partial charge < -0.3 is 0 Å². The van der Waals surface area contributed by atoms with Crippen molar-refractivity contribution in [1.29, 1.82) is 0 Å². The molecule has 0 amide bonds. The van der Waals surface area contributed by atoms with E-state index >= 15 is 0 Å². The summed E-state index contributed by atoms with van der Waals surface area (Å²) in [7, 11) is 0. The molecule has 0 saturated carbocycles. The molecule has 0 bridgehead atoms. The van der Waals surface area contributed by atoms with Gasteiger partial charge >= 0.3 is 0 Å². The van der Waals surface area contributed by atoms with Crippen molar-refractivity contribution in [2.75, 3.05) is 0 Å². The summed E-state index contributed by atoms with van der Waals surface area (Å²) in [5, 5.41) is 0. The van der Waals surface area contributed by atoms with Crippen LogP contribution < -0.4 is 0 Å². The Kier molecular flexibility index (Phi) is 29.4. The van der Waals surface area contributed by atoms with E-state index in [1.54, 1.807) is 81.0 Å². The molecule has 0 N–H and O–H groups in total. The van der Waals surface area contributed by atoms with Crippen molar-refractivity contribution in [2.45, 2.75) is 55.4 Å². The molecule has 17 nitrogen and oxygen atoms in total. The van der Waals surface area contributed by atoms with Crippen molar-refractivity contribution < 1.29 is 0 Å². The van der Waals surface area contributed by atoms with Gasteiger partial charge in [-0.15, -0.1) is 0 Å². The third kappa shape index (κ3) is 24.6. The molecular weight excluding hydrogens is 1280 g/mol. The molecule has 0 atom stereocenters. The molecule has 2 aromatic carbocycles. The molecule has 0 aliphatic carbocycles. The van der Waals surface area contributed by atoms with Crippen LogP contribution in [0.3, 0.4) is 0 Å². The zero-order valence-corrected chi connectivity index (χ0v) is 59.4. The molecule has 0 unspecified atom stereocenters. The van der Waals surface area contributed by atoms with Gasteiger partial charge in [0.2, 0.25) is 0 Å².